The van der Waals surface area contributed by atoms with E-state index in [-0.39, 0.29) is 49.5 Å². The van der Waals surface area contributed by atoms with Gasteiger partial charge in [0.1, 0.15) is 29.6 Å². The lowest BCUT2D eigenvalue weighted by molar-refractivity contribution is -0.156. The number of carbonyl (C=O) groups excluding carboxylic acids is 3. The Bertz CT molecular complexity index is 2690. The highest BCUT2D eigenvalue weighted by atomic mass is 32.1. The fourth-order valence-electron chi connectivity index (χ4n) is 11.1. The Morgan fingerprint density at radius 2 is 1.93 bits per heavy atom. The van der Waals surface area contributed by atoms with Crippen LogP contribution in [0.15, 0.2) is 60.5 Å². The number of nitrogens with one attached hydrogen (secondary N) is 2. The zero-order valence-electron chi connectivity index (χ0n) is 40.6. The summed E-state index contributed by atoms with van der Waals surface area (Å²) in [6, 6.07) is 9.45. The third-order valence-corrected chi connectivity index (χ3v) is 15.9. The first kappa shape index (κ1) is 48.4. The van der Waals surface area contributed by atoms with Gasteiger partial charge < -0.3 is 28.8 Å². The van der Waals surface area contributed by atoms with E-state index in [1.807, 2.05) is 36.3 Å². The summed E-state index contributed by atoms with van der Waals surface area (Å²) in [7, 11) is 1.69. The summed E-state index contributed by atoms with van der Waals surface area (Å²) >= 11 is 1.39. The van der Waals surface area contributed by atoms with E-state index in [2.05, 4.69) is 63.4 Å². The average molecular weight is 978 g/mol. The number of rotatable bonds is 11. The van der Waals surface area contributed by atoms with Gasteiger partial charge in [0.05, 0.1) is 48.5 Å². The molecule has 5 aliphatic rings. The lowest BCUT2D eigenvalue weighted by Gasteiger charge is -2.39. The number of nitrogens with zero attached hydrogens (tertiary/aromatic N) is 7. The van der Waals surface area contributed by atoms with Crippen molar-refractivity contribution in [3.05, 3.63) is 82.5 Å². The van der Waals surface area contributed by atoms with Gasteiger partial charge in [-0.05, 0) is 87.3 Å². The van der Waals surface area contributed by atoms with Crippen molar-refractivity contribution in [2.45, 2.75) is 115 Å². The highest BCUT2D eigenvalue weighted by molar-refractivity contribution is 7.10. The van der Waals surface area contributed by atoms with Crippen LogP contribution in [0.3, 0.4) is 0 Å². The van der Waals surface area contributed by atoms with E-state index in [4.69, 9.17) is 28.9 Å². The number of fused-ring (bicyclic) bond motifs is 6. The molecule has 2 amide bonds. The SMILES string of the molecule is CO[C@@H](C)c1ncccc1-c1c2c3cc(ccc3n1CCOC1CCOCC1)-c1csc(n1)C(N1CC[C@@H](F)C1)[C@H](NC(=O)[C@@H]1[C@@H](C)[C@H]1c1ccncn1)C(=O)N1CCC[C@H](N1)C(=O)OCC(C)(C)C2. The molecule has 2 N–H and O–H groups in total. The highest BCUT2D eigenvalue weighted by Crippen LogP contribution is 2.53. The second-order valence-corrected chi connectivity index (χ2v) is 21.3. The van der Waals surface area contributed by atoms with Crippen LogP contribution in [-0.2, 0) is 46.3 Å². The minimum absolute atomic E-state index is 0.0320. The van der Waals surface area contributed by atoms with Crippen molar-refractivity contribution in [1.29, 1.82) is 0 Å². The maximum absolute atomic E-state index is 15.4. The predicted molar refractivity (Wildman–Crippen MR) is 261 cm³/mol. The lowest BCUT2D eigenvalue weighted by Crippen LogP contribution is -2.62. The van der Waals surface area contributed by atoms with Crippen LogP contribution in [0.5, 0.6) is 0 Å². The molecule has 1 unspecified atom stereocenters. The first-order chi connectivity index (χ1) is 33.9. The minimum Gasteiger partial charge on any atom is -0.464 e. The van der Waals surface area contributed by atoms with E-state index in [1.165, 1.54) is 22.7 Å². The zero-order chi connectivity index (χ0) is 48.7. The van der Waals surface area contributed by atoms with Crippen molar-refractivity contribution in [2.75, 3.05) is 53.2 Å². The van der Waals surface area contributed by atoms with Crippen molar-refractivity contribution in [3.63, 3.8) is 0 Å². The molecule has 70 heavy (non-hydrogen) atoms. The smallest absolute Gasteiger partial charge is 0.324 e. The molecule has 10 rings (SSSR count). The van der Waals surface area contributed by atoms with E-state index in [0.717, 1.165) is 57.5 Å². The van der Waals surface area contributed by atoms with Gasteiger partial charge in [-0.15, -0.1) is 11.3 Å². The molecular weight excluding hydrogens is 914 g/mol. The minimum atomic E-state index is -1.17. The number of hydrazine groups is 1. The van der Waals surface area contributed by atoms with Crippen molar-refractivity contribution in [2.24, 2.45) is 17.3 Å². The molecule has 16 nitrogen and oxygen atoms in total. The molecule has 8 heterocycles. The molecule has 4 aromatic heterocycles. The number of carbonyl (C=O) groups is 3. The molecule has 3 saturated heterocycles. The second kappa shape index (κ2) is 20.5. The molecule has 0 radical (unpaired) electrons. The number of aromatic nitrogens is 5. The monoisotopic (exact) mass is 977 g/mol. The fraction of sp³-hybridized carbons (Fsp3) is 0.558. The number of hydrogen-bond donors (Lipinski definition) is 2. The summed E-state index contributed by atoms with van der Waals surface area (Å²) in [6.45, 7) is 11.5. The molecular formula is C52H64FN9O7S. The van der Waals surface area contributed by atoms with Gasteiger partial charge in [0.15, 0.2) is 0 Å². The molecule has 18 heteroatoms. The third kappa shape index (κ3) is 9.87. The van der Waals surface area contributed by atoms with E-state index in [9.17, 15) is 9.59 Å². The van der Waals surface area contributed by atoms with Gasteiger partial charge in [0.2, 0.25) is 5.91 Å². The van der Waals surface area contributed by atoms with Crippen LogP contribution >= 0.6 is 11.3 Å². The van der Waals surface area contributed by atoms with Crippen LogP contribution in [-0.4, -0.2) is 130 Å². The Kier molecular flexibility index (Phi) is 14.2. The molecule has 6 bridgehead atoms. The number of cyclic esters (lactones) is 1. The van der Waals surface area contributed by atoms with Crippen LogP contribution in [0.2, 0.25) is 0 Å². The Balaban J connectivity index is 1.10. The van der Waals surface area contributed by atoms with E-state index in [0.29, 0.717) is 69.4 Å². The maximum Gasteiger partial charge on any atom is 0.324 e. The number of ether oxygens (including phenoxy) is 4. The standard InChI is InChI=1S/C52H64FN9O7S/c1-30-42(38-12-17-54-29-56-38)43(30)48(63)58-45-47(60-19-13-33(53)26-60)49-57-40(27-70-49)32-10-11-41-36(24-32)37(25-52(3,4)28-69-51(65)39-9-7-18-62(59-39)50(45)64)46(35-8-6-16-55-44(35)31(2)66-5)61(41)20-23-68-34-14-21-67-22-15-34/h6,8,10-12,16-17,24,27,29-31,33-34,39,42-43,45,47,59H,7,9,13-15,18-23,25-26,28H2,1-5H3,(H,58,63)/t30-,31-,33+,39-,42-,43+,45-,47?/m0/s1. The largest absolute Gasteiger partial charge is 0.464 e. The first-order valence-corrected chi connectivity index (χ1v) is 25.7. The normalized spacial score (nSPS) is 27.0. The van der Waals surface area contributed by atoms with Gasteiger partial charge in [-0.3, -0.25) is 29.3 Å². The number of methoxy groups -OCH3 is 1. The number of esters is 1. The molecule has 1 aliphatic carbocycles. The Hall–Kier alpha value is -5.24. The van der Waals surface area contributed by atoms with Gasteiger partial charge in [-0.25, -0.2) is 24.8 Å². The van der Waals surface area contributed by atoms with E-state index < -0.39 is 47.5 Å². The summed E-state index contributed by atoms with van der Waals surface area (Å²) in [6.07, 6.45) is 7.11. The number of thiazole rings is 1. The Morgan fingerprint density at radius 3 is 2.70 bits per heavy atom. The number of benzene rings is 1. The molecule has 0 spiro atoms. The van der Waals surface area contributed by atoms with Crippen LogP contribution in [0.1, 0.15) is 99.8 Å². The van der Waals surface area contributed by atoms with Crippen molar-refractivity contribution < 1.29 is 37.7 Å². The number of pyridine rings is 1. The first-order valence-electron chi connectivity index (χ1n) is 24.9. The number of alkyl halides is 1. The fourth-order valence-corrected chi connectivity index (χ4v) is 12.1. The predicted octanol–water partition coefficient (Wildman–Crippen LogP) is 6.76. The molecule has 4 aliphatic heterocycles. The van der Waals surface area contributed by atoms with Gasteiger partial charge in [-0.1, -0.05) is 26.8 Å². The Labute approximate surface area is 412 Å². The van der Waals surface area contributed by atoms with E-state index >= 15 is 9.18 Å². The average Bonchev–Trinajstić information content (AvgIpc) is 3.68. The topological polar surface area (TPSA) is 175 Å². The molecule has 1 saturated carbocycles. The Morgan fingerprint density at radius 1 is 1.09 bits per heavy atom. The van der Waals surface area contributed by atoms with E-state index in [1.54, 1.807) is 19.5 Å². The summed E-state index contributed by atoms with van der Waals surface area (Å²) in [5.41, 5.74) is 9.76. The summed E-state index contributed by atoms with van der Waals surface area (Å²) in [4.78, 5) is 64.5. The van der Waals surface area contributed by atoms with Gasteiger partial charge in [0, 0.05) is 109 Å². The van der Waals surface area contributed by atoms with Crippen LogP contribution in [0, 0.1) is 17.3 Å². The van der Waals surface area contributed by atoms with Gasteiger partial charge >= 0.3 is 5.97 Å². The summed E-state index contributed by atoms with van der Waals surface area (Å²) in [5.74, 6) is -1.81. The van der Waals surface area contributed by atoms with Gasteiger partial charge in [-0.2, -0.15) is 0 Å². The number of likely N-dealkylation sites (tertiary alicyclic amines) is 1. The highest BCUT2D eigenvalue weighted by Gasteiger charge is 2.55. The second-order valence-electron chi connectivity index (χ2n) is 20.4. The molecule has 1 aromatic carbocycles. The molecule has 372 valence electrons. The van der Waals surface area contributed by atoms with Crippen molar-refractivity contribution in [3.8, 4) is 22.5 Å². The van der Waals surface area contributed by atoms with Crippen molar-refractivity contribution in [1.82, 2.24) is 45.2 Å². The number of halogens is 1. The third-order valence-electron chi connectivity index (χ3n) is 15.0. The quantitative estimate of drug-likeness (QED) is 0.133. The molecule has 8 atom stereocenters. The van der Waals surface area contributed by atoms with Crippen LogP contribution in [0.4, 0.5) is 4.39 Å². The molecule has 5 aromatic rings. The maximum atomic E-state index is 15.4. The summed E-state index contributed by atoms with van der Waals surface area (Å²) in [5, 5.41) is 8.20. The van der Waals surface area contributed by atoms with Crippen LogP contribution in [0.25, 0.3) is 33.4 Å². The van der Waals surface area contributed by atoms with Crippen LogP contribution < -0.4 is 10.7 Å². The molecule has 4 fully saturated rings. The van der Waals surface area contributed by atoms with Gasteiger partial charge in [0.25, 0.3) is 5.91 Å². The number of amides is 2. The number of hydrogen-bond acceptors (Lipinski definition) is 14. The van der Waals surface area contributed by atoms with Crippen molar-refractivity contribution >= 4 is 40.0 Å². The zero-order valence-corrected chi connectivity index (χ0v) is 41.5. The summed E-state index contributed by atoms with van der Waals surface area (Å²) < 4.78 is 42.0. The lowest BCUT2D eigenvalue weighted by atomic mass is 9.84.